The molecule has 0 spiro atoms. The lowest BCUT2D eigenvalue weighted by Gasteiger charge is -2.40. The number of sulfonamides is 1. The van der Waals surface area contributed by atoms with Gasteiger partial charge in [0.1, 0.15) is 0 Å². The topological polar surface area (TPSA) is 66.4 Å². The van der Waals surface area contributed by atoms with Crippen LogP contribution in [0.25, 0.3) is 0 Å². The van der Waals surface area contributed by atoms with E-state index < -0.39 is 10.0 Å². The minimum Gasteiger partial charge on any atom is -0.392 e. The van der Waals surface area contributed by atoms with Crippen LogP contribution in [0.3, 0.4) is 0 Å². The van der Waals surface area contributed by atoms with Crippen molar-refractivity contribution in [1.82, 2.24) is 4.72 Å². The molecule has 0 aromatic heterocycles. The predicted molar refractivity (Wildman–Crippen MR) is 77.7 cm³/mol. The molecule has 0 atom stereocenters. The van der Waals surface area contributed by atoms with E-state index in [-0.39, 0.29) is 16.2 Å². The van der Waals surface area contributed by atoms with Gasteiger partial charge in [0.2, 0.25) is 10.0 Å². The molecule has 19 heavy (non-hydrogen) atoms. The summed E-state index contributed by atoms with van der Waals surface area (Å²) in [5, 5.41) is 9.22. The van der Waals surface area contributed by atoms with E-state index in [4.69, 9.17) is 0 Å². The molecule has 0 heterocycles. The second-order valence-corrected chi connectivity index (χ2v) is 7.84. The van der Waals surface area contributed by atoms with Crippen LogP contribution in [0.15, 0.2) is 29.2 Å². The number of rotatable bonds is 6. The van der Waals surface area contributed by atoms with Gasteiger partial charge in [0.05, 0.1) is 11.5 Å². The average molecular weight is 301 g/mol. The van der Waals surface area contributed by atoms with Crippen LogP contribution in [0.1, 0.15) is 24.8 Å². The lowest BCUT2D eigenvalue weighted by atomic mass is 9.84. The maximum Gasteiger partial charge on any atom is 0.240 e. The van der Waals surface area contributed by atoms with Crippen LogP contribution in [0, 0.1) is 0 Å². The lowest BCUT2D eigenvalue weighted by Crippen LogP contribution is -2.45. The van der Waals surface area contributed by atoms with Crippen LogP contribution in [0.2, 0.25) is 0 Å². The first-order chi connectivity index (χ1) is 9.03. The largest absolute Gasteiger partial charge is 0.392 e. The summed E-state index contributed by atoms with van der Waals surface area (Å²) in [6.07, 6.45) is 5.29. The van der Waals surface area contributed by atoms with Crippen LogP contribution in [0.4, 0.5) is 0 Å². The van der Waals surface area contributed by atoms with Crippen molar-refractivity contribution < 1.29 is 13.5 Å². The van der Waals surface area contributed by atoms with Gasteiger partial charge in [-0.05, 0) is 30.7 Å². The van der Waals surface area contributed by atoms with Crippen LogP contribution in [0.5, 0.6) is 0 Å². The molecule has 1 saturated carbocycles. The Labute approximate surface area is 118 Å². The van der Waals surface area contributed by atoms with Gasteiger partial charge < -0.3 is 5.11 Å². The van der Waals surface area contributed by atoms with Crippen molar-refractivity contribution in [2.45, 2.75) is 35.5 Å². The average Bonchev–Trinajstić information content (AvgIpc) is 2.38. The fourth-order valence-electron chi connectivity index (χ4n) is 2.23. The smallest absolute Gasteiger partial charge is 0.240 e. The molecule has 2 N–H and O–H groups in total. The Balaban J connectivity index is 2.14. The summed E-state index contributed by atoms with van der Waals surface area (Å²) in [5.41, 5.74) is 0.432. The van der Waals surface area contributed by atoms with Gasteiger partial charge in [0.15, 0.2) is 0 Å². The normalized spacial score (nSPS) is 18.0. The van der Waals surface area contributed by atoms with Crippen molar-refractivity contribution in [2.24, 2.45) is 0 Å². The molecule has 1 aliphatic rings. The summed E-state index contributed by atoms with van der Waals surface area (Å²) < 4.78 is 27.3. The van der Waals surface area contributed by atoms with Crippen molar-refractivity contribution in [3.63, 3.8) is 0 Å². The fraction of sp³-hybridized carbons (Fsp3) is 0.538. The Morgan fingerprint density at radius 2 is 2.05 bits per heavy atom. The summed E-state index contributed by atoms with van der Waals surface area (Å²) in [6, 6.07) is 6.55. The van der Waals surface area contributed by atoms with Gasteiger partial charge in [0, 0.05) is 11.3 Å². The summed E-state index contributed by atoms with van der Waals surface area (Å²) in [7, 11) is -3.55. The summed E-state index contributed by atoms with van der Waals surface area (Å²) in [5.74, 6) is 0. The number of hydrogen-bond acceptors (Lipinski definition) is 4. The monoisotopic (exact) mass is 301 g/mol. The van der Waals surface area contributed by atoms with Crippen LogP contribution in [-0.4, -0.2) is 31.1 Å². The molecule has 4 nitrogen and oxygen atoms in total. The van der Waals surface area contributed by atoms with E-state index in [0.717, 1.165) is 19.3 Å². The first-order valence-electron chi connectivity index (χ1n) is 6.27. The molecule has 0 radical (unpaired) electrons. The lowest BCUT2D eigenvalue weighted by molar-refractivity contribution is 0.278. The Morgan fingerprint density at radius 1 is 1.37 bits per heavy atom. The van der Waals surface area contributed by atoms with E-state index in [1.165, 1.54) is 6.07 Å². The summed E-state index contributed by atoms with van der Waals surface area (Å²) >= 11 is 1.73. The highest BCUT2D eigenvalue weighted by atomic mass is 32.2. The molecule has 106 valence electrons. The molecule has 2 rings (SSSR count). The quantitative estimate of drug-likeness (QED) is 0.840. The van der Waals surface area contributed by atoms with Crippen LogP contribution < -0.4 is 4.72 Å². The maximum absolute atomic E-state index is 12.3. The number of benzene rings is 1. The second-order valence-electron chi connectivity index (χ2n) is 4.83. The Hall–Kier alpha value is -0.560. The number of thioether (sulfide) groups is 1. The SMILES string of the molecule is CSC1(CNS(=O)(=O)c2ccccc2CO)CCC1. The van der Waals surface area contributed by atoms with Gasteiger partial charge in [0.25, 0.3) is 0 Å². The zero-order valence-electron chi connectivity index (χ0n) is 10.9. The zero-order valence-corrected chi connectivity index (χ0v) is 12.6. The molecule has 0 unspecified atom stereocenters. The van der Waals surface area contributed by atoms with E-state index in [2.05, 4.69) is 4.72 Å². The third-order valence-corrected chi connectivity index (χ3v) is 6.63. The summed E-state index contributed by atoms with van der Waals surface area (Å²) in [4.78, 5) is 0.174. The van der Waals surface area contributed by atoms with Gasteiger partial charge in [-0.25, -0.2) is 13.1 Å². The van der Waals surface area contributed by atoms with E-state index in [0.29, 0.717) is 12.1 Å². The highest BCUT2D eigenvalue weighted by Crippen LogP contribution is 2.42. The maximum atomic E-state index is 12.3. The molecule has 1 aromatic carbocycles. The van der Waals surface area contributed by atoms with Gasteiger partial charge in [-0.1, -0.05) is 24.6 Å². The molecule has 0 saturated heterocycles. The van der Waals surface area contributed by atoms with Gasteiger partial charge in [-0.2, -0.15) is 11.8 Å². The van der Waals surface area contributed by atoms with E-state index >= 15 is 0 Å². The predicted octanol–water partition coefficient (Wildman–Crippen LogP) is 1.74. The Bertz CT molecular complexity index is 533. The first kappa shape index (κ1) is 14.8. The van der Waals surface area contributed by atoms with Crippen LogP contribution in [-0.2, 0) is 16.6 Å². The van der Waals surface area contributed by atoms with Crippen LogP contribution >= 0.6 is 11.8 Å². The van der Waals surface area contributed by atoms with Gasteiger partial charge in [-0.15, -0.1) is 0 Å². The zero-order chi connectivity index (χ0) is 13.9. The third-order valence-electron chi connectivity index (χ3n) is 3.71. The van der Waals surface area contributed by atoms with Gasteiger partial charge in [-0.3, -0.25) is 0 Å². The highest BCUT2D eigenvalue weighted by Gasteiger charge is 2.37. The number of aliphatic hydroxyl groups is 1. The van der Waals surface area contributed by atoms with E-state index in [1.807, 2.05) is 6.26 Å². The van der Waals surface area contributed by atoms with Crippen molar-refractivity contribution in [3.05, 3.63) is 29.8 Å². The Morgan fingerprint density at radius 3 is 2.58 bits per heavy atom. The second kappa shape index (κ2) is 5.83. The van der Waals surface area contributed by atoms with E-state index in [1.54, 1.807) is 30.0 Å². The molecular formula is C13H19NO3S2. The third kappa shape index (κ3) is 3.13. The highest BCUT2D eigenvalue weighted by molar-refractivity contribution is 8.00. The molecule has 1 aromatic rings. The van der Waals surface area contributed by atoms with Crippen molar-refractivity contribution in [1.29, 1.82) is 0 Å². The number of aliphatic hydroxyl groups excluding tert-OH is 1. The molecule has 0 amide bonds. The standard InChI is InChI=1S/C13H19NO3S2/c1-18-13(7-4-8-13)10-14-19(16,17)12-6-3-2-5-11(12)9-15/h2-3,5-6,14-15H,4,7-10H2,1H3. The number of hydrogen-bond donors (Lipinski definition) is 2. The molecule has 6 heteroatoms. The Kier molecular flexibility index (Phi) is 4.55. The molecular weight excluding hydrogens is 282 g/mol. The first-order valence-corrected chi connectivity index (χ1v) is 8.97. The summed E-state index contributed by atoms with van der Waals surface area (Å²) in [6.45, 7) is 0.182. The molecule has 0 bridgehead atoms. The molecule has 1 aliphatic carbocycles. The van der Waals surface area contributed by atoms with Crippen molar-refractivity contribution in [3.8, 4) is 0 Å². The number of nitrogens with one attached hydrogen (secondary N) is 1. The van der Waals surface area contributed by atoms with E-state index in [9.17, 15) is 13.5 Å². The fourth-order valence-corrected chi connectivity index (χ4v) is 4.59. The van der Waals surface area contributed by atoms with Crippen molar-refractivity contribution in [2.75, 3.05) is 12.8 Å². The van der Waals surface area contributed by atoms with Gasteiger partial charge >= 0.3 is 0 Å². The molecule has 0 aliphatic heterocycles. The van der Waals surface area contributed by atoms with Crippen molar-refractivity contribution >= 4 is 21.8 Å². The minimum absolute atomic E-state index is 0.0568. The molecule has 1 fully saturated rings. The minimum atomic E-state index is -3.55.